The van der Waals surface area contributed by atoms with Crippen LogP contribution in [0.25, 0.3) is 0 Å². The number of halogens is 1. The van der Waals surface area contributed by atoms with Gasteiger partial charge in [0.05, 0.1) is 5.69 Å². The lowest BCUT2D eigenvalue weighted by molar-refractivity contribution is -0.138. The molecule has 0 bridgehead atoms. The molecule has 1 saturated heterocycles. The average molecular weight is 397 g/mol. The minimum atomic E-state index is -0.908. The van der Waals surface area contributed by atoms with Crippen LogP contribution in [0.15, 0.2) is 28.7 Å². The molecule has 0 aromatic heterocycles. The molecule has 1 aromatic carbocycles. The minimum absolute atomic E-state index is 0.0328. The number of carbonyl (C=O) groups is 3. The number of hydrogen-bond acceptors (Lipinski definition) is 3. The Morgan fingerprint density at radius 3 is 2.67 bits per heavy atom. The van der Waals surface area contributed by atoms with Crippen LogP contribution in [0.1, 0.15) is 33.1 Å². The number of hydrogen-bond donors (Lipinski definition) is 2. The van der Waals surface area contributed by atoms with E-state index in [1.165, 1.54) is 0 Å². The van der Waals surface area contributed by atoms with Crippen LogP contribution >= 0.6 is 15.9 Å². The Labute approximate surface area is 149 Å². The minimum Gasteiger partial charge on any atom is -0.481 e. The van der Waals surface area contributed by atoms with E-state index in [1.807, 2.05) is 24.3 Å². The molecular formula is C17H21BrN2O4. The van der Waals surface area contributed by atoms with Gasteiger partial charge in [0, 0.05) is 23.0 Å². The molecule has 1 aliphatic heterocycles. The topological polar surface area (TPSA) is 86.7 Å². The van der Waals surface area contributed by atoms with Gasteiger partial charge in [-0.1, -0.05) is 12.1 Å². The van der Waals surface area contributed by atoms with Crippen LogP contribution in [0.5, 0.6) is 0 Å². The van der Waals surface area contributed by atoms with Crippen LogP contribution in [-0.4, -0.2) is 35.0 Å². The van der Waals surface area contributed by atoms with Gasteiger partial charge >= 0.3 is 5.97 Å². The first-order valence-electron chi connectivity index (χ1n) is 7.81. The fraction of sp³-hybridized carbons (Fsp3) is 0.471. The summed E-state index contributed by atoms with van der Waals surface area (Å²) >= 11 is 3.42. The molecule has 0 aliphatic carbocycles. The predicted octanol–water partition coefficient (Wildman–Crippen LogP) is 2.56. The van der Waals surface area contributed by atoms with E-state index in [-0.39, 0.29) is 18.2 Å². The number of benzene rings is 1. The highest BCUT2D eigenvalue weighted by Crippen LogP contribution is 2.31. The zero-order chi connectivity index (χ0) is 17.9. The fourth-order valence-electron chi connectivity index (χ4n) is 2.74. The maximum Gasteiger partial charge on any atom is 0.303 e. The number of nitrogens with one attached hydrogen (secondary N) is 1. The Bertz CT molecular complexity index is 660. The van der Waals surface area contributed by atoms with E-state index < -0.39 is 17.4 Å². The number of anilines is 1. The van der Waals surface area contributed by atoms with E-state index in [0.29, 0.717) is 19.4 Å². The number of aliphatic carboxylic acids is 1. The number of carboxylic acids is 1. The zero-order valence-corrected chi connectivity index (χ0v) is 15.3. The van der Waals surface area contributed by atoms with E-state index >= 15 is 0 Å². The van der Waals surface area contributed by atoms with Gasteiger partial charge in [0.2, 0.25) is 11.8 Å². The van der Waals surface area contributed by atoms with Crippen molar-refractivity contribution >= 4 is 39.4 Å². The van der Waals surface area contributed by atoms with Crippen LogP contribution < -0.4 is 10.2 Å². The number of nitrogens with zero attached hydrogens (tertiary/aromatic N) is 1. The van der Waals surface area contributed by atoms with E-state index in [9.17, 15) is 14.4 Å². The highest BCUT2D eigenvalue weighted by Gasteiger charge is 2.39. The van der Waals surface area contributed by atoms with Crippen molar-refractivity contribution in [2.75, 3.05) is 11.4 Å². The van der Waals surface area contributed by atoms with Crippen molar-refractivity contribution in [1.82, 2.24) is 5.32 Å². The van der Waals surface area contributed by atoms with Gasteiger partial charge in [0.15, 0.2) is 0 Å². The van der Waals surface area contributed by atoms with Crippen molar-refractivity contribution in [1.29, 1.82) is 0 Å². The molecule has 0 saturated carbocycles. The highest BCUT2D eigenvalue weighted by molar-refractivity contribution is 9.10. The summed E-state index contributed by atoms with van der Waals surface area (Å²) in [4.78, 5) is 37.4. The summed E-state index contributed by atoms with van der Waals surface area (Å²) in [5.41, 5.74) is 0.0826. The maximum atomic E-state index is 12.6. The van der Waals surface area contributed by atoms with Gasteiger partial charge < -0.3 is 15.3 Å². The van der Waals surface area contributed by atoms with Gasteiger partial charge in [-0.05, 0) is 54.8 Å². The molecule has 2 amide bonds. The Morgan fingerprint density at radius 1 is 1.38 bits per heavy atom. The van der Waals surface area contributed by atoms with E-state index in [1.54, 1.807) is 18.7 Å². The average Bonchev–Trinajstić information content (AvgIpc) is 2.87. The summed E-state index contributed by atoms with van der Waals surface area (Å²) < 4.78 is 0.807. The maximum absolute atomic E-state index is 12.6. The Kier molecular flexibility index (Phi) is 5.64. The molecule has 130 valence electrons. The largest absolute Gasteiger partial charge is 0.481 e. The summed E-state index contributed by atoms with van der Waals surface area (Å²) in [6, 6.07) is 7.39. The van der Waals surface area contributed by atoms with Crippen LogP contribution in [0.2, 0.25) is 0 Å². The number of carboxylic acid groups (broad SMARTS) is 1. The van der Waals surface area contributed by atoms with Crippen LogP contribution in [-0.2, 0) is 14.4 Å². The van der Waals surface area contributed by atoms with Gasteiger partial charge in [-0.3, -0.25) is 14.4 Å². The lowest BCUT2D eigenvalue weighted by atomic mass is 9.96. The van der Waals surface area contributed by atoms with Gasteiger partial charge in [0.1, 0.15) is 5.92 Å². The summed E-state index contributed by atoms with van der Waals surface area (Å²) in [5.74, 6) is -2.21. The van der Waals surface area contributed by atoms with Crippen molar-refractivity contribution < 1.29 is 19.5 Å². The fourth-order valence-corrected chi connectivity index (χ4v) is 3.23. The second-order valence-electron chi connectivity index (χ2n) is 6.55. The second-order valence-corrected chi connectivity index (χ2v) is 7.40. The van der Waals surface area contributed by atoms with Crippen LogP contribution in [0.3, 0.4) is 0 Å². The first kappa shape index (κ1) is 18.4. The first-order chi connectivity index (χ1) is 11.2. The molecule has 7 heteroatoms. The van der Waals surface area contributed by atoms with Crippen molar-refractivity contribution in [3.05, 3.63) is 28.7 Å². The van der Waals surface area contributed by atoms with Crippen LogP contribution in [0, 0.1) is 5.92 Å². The molecule has 1 aromatic rings. The zero-order valence-electron chi connectivity index (χ0n) is 13.7. The third-order valence-electron chi connectivity index (χ3n) is 4.09. The Balaban J connectivity index is 2.03. The predicted molar refractivity (Wildman–Crippen MR) is 93.7 cm³/mol. The molecule has 0 spiro atoms. The smallest absolute Gasteiger partial charge is 0.303 e. The van der Waals surface area contributed by atoms with E-state index in [2.05, 4.69) is 21.2 Å². The van der Waals surface area contributed by atoms with E-state index in [4.69, 9.17) is 5.11 Å². The molecule has 1 fully saturated rings. The molecule has 0 radical (unpaired) electrons. The Morgan fingerprint density at radius 2 is 2.04 bits per heavy atom. The molecule has 0 unspecified atom stereocenters. The lowest BCUT2D eigenvalue weighted by Crippen LogP contribution is -2.48. The molecule has 2 rings (SSSR count). The van der Waals surface area contributed by atoms with Crippen LogP contribution in [0.4, 0.5) is 5.69 Å². The SMILES string of the molecule is CC(C)(CCC(=O)O)NC(=O)[C@H]1CCN(c2ccccc2Br)C1=O. The van der Waals surface area contributed by atoms with E-state index in [0.717, 1.165) is 10.2 Å². The number of amides is 2. The van der Waals surface area contributed by atoms with Crippen molar-refractivity contribution in [2.45, 2.75) is 38.6 Å². The van der Waals surface area contributed by atoms with Crippen molar-refractivity contribution in [3.63, 3.8) is 0 Å². The summed E-state index contributed by atoms with van der Waals surface area (Å²) in [6.45, 7) is 4.01. The Hall–Kier alpha value is -1.89. The third kappa shape index (κ3) is 4.35. The summed E-state index contributed by atoms with van der Waals surface area (Å²) in [7, 11) is 0. The molecule has 2 N–H and O–H groups in total. The molecule has 24 heavy (non-hydrogen) atoms. The molecule has 1 aliphatic rings. The van der Waals surface area contributed by atoms with Crippen molar-refractivity contribution in [3.8, 4) is 0 Å². The number of para-hydroxylation sites is 1. The van der Waals surface area contributed by atoms with Gasteiger partial charge in [-0.25, -0.2) is 0 Å². The normalized spacial score (nSPS) is 17.9. The second kappa shape index (κ2) is 7.34. The monoisotopic (exact) mass is 396 g/mol. The molecule has 1 heterocycles. The lowest BCUT2D eigenvalue weighted by Gasteiger charge is -2.27. The molecule has 6 nitrogen and oxygen atoms in total. The number of rotatable bonds is 6. The summed E-state index contributed by atoms with van der Waals surface area (Å²) in [6.07, 6.45) is 0.721. The first-order valence-corrected chi connectivity index (χ1v) is 8.60. The molecular weight excluding hydrogens is 376 g/mol. The quantitative estimate of drug-likeness (QED) is 0.723. The van der Waals surface area contributed by atoms with Gasteiger partial charge in [-0.15, -0.1) is 0 Å². The van der Waals surface area contributed by atoms with Crippen molar-refractivity contribution in [2.24, 2.45) is 5.92 Å². The highest BCUT2D eigenvalue weighted by atomic mass is 79.9. The van der Waals surface area contributed by atoms with Gasteiger partial charge in [0.25, 0.3) is 0 Å². The molecule has 1 atom stereocenters. The summed E-state index contributed by atoms with van der Waals surface area (Å²) in [5, 5.41) is 11.6. The number of carbonyl (C=O) groups excluding carboxylic acids is 2. The standard InChI is InChI=1S/C17H21BrN2O4/c1-17(2,9-7-14(21)22)19-15(23)11-8-10-20(16(11)24)13-6-4-3-5-12(13)18/h3-6,11H,7-10H2,1-2H3,(H,19,23)(H,21,22)/t11-/m1/s1. The van der Waals surface area contributed by atoms with Gasteiger partial charge in [-0.2, -0.15) is 0 Å². The third-order valence-corrected chi connectivity index (χ3v) is 4.76.